The van der Waals surface area contributed by atoms with Crippen molar-refractivity contribution >= 4 is 143 Å². The van der Waals surface area contributed by atoms with Crippen LogP contribution >= 0.6 is 0 Å². The van der Waals surface area contributed by atoms with Crippen LogP contribution < -0.4 is 26.6 Å². The first-order chi connectivity index (χ1) is 62.8. The van der Waals surface area contributed by atoms with Crippen molar-refractivity contribution in [2.24, 2.45) is 5.92 Å². The third-order valence-electron chi connectivity index (χ3n) is 23.3. The number of aromatic nitrogens is 15. The molecule has 5 saturated heterocycles. The largest absolute Gasteiger partial charge is 0.462 e. The number of amides is 5. The highest BCUT2D eigenvalue weighted by molar-refractivity contribution is 6.13. The number of carbonyl (C=O) groups is 10. The summed E-state index contributed by atoms with van der Waals surface area (Å²) in [6.45, 7) is 38.2. The number of fused-ring (bicyclic) bond motifs is 5. The van der Waals surface area contributed by atoms with Crippen molar-refractivity contribution in [2.75, 3.05) is 92.2 Å². The second-order valence-electron chi connectivity index (χ2n) is 32.7. The third-order valence-corrected chi connectivity index (χ3v) is 23.3. The fourth-order valence-electron chi connectivity index (χ4n) is 16.5. The molecule has 0 unspecified atom stereocenters. The van der Waals surface area contributed by atoms with Crippen molar-refractivity contribution in [1.29, 1.82) is 0 Å². The fourth-order valence-corrected chi connectivity index (χ4v) is 16.5. The summed E-state index contributed by atoms with van der Waals surface area (Å²) >= 11 is 0. The van der Waals surface area contributed by atoms with Crippen LogP contribution in [0.1, 0.15) is 228 Å². The first kappa shape index (κ1) is 108. The molecule has 0 spiro atoms. The lowest BCUT2D eigenvalue weighted by Gasteiger charge is -2.38. The summed E-state index contributed by atoms with van der Waals surface area (Å²) in [4.78, 5) is 188. The molecule has 6 aliphatic rings. The van der Waals surface area contributed by atoms with Crippen LogP contribution in [0.25, 0.3) is 55.2 Å². The molecule has 6 fully saturated rings. The van der Waals surface area contributed by atoms with Crippen molar-refractivity contribution in [1.82, 2.24) is 99.3 Å². The number of hydrogen-bond acceptors (Lipinski definition) is 29. The highest BCUT2D eigenvalue weighted by Crippen LogP contribution is 2.38. The number of nitrogens with zero attached hydrogens (tertiary/aromatic N) is 15. The van der Waals surface area contributed by atoms with E-state index in [1.165, 1.54) is 62.0 Å². The zero-order chi connectivity index (χ0) is 92.8. The summed E-state index contributed by atoms with van der Waals surface area (Å²) in [5.74, 6) is 1.19. The molecule has 5 amide bonds. The quantitative estimate of drug-likeness (QED) is 0.0104. The van der Waals surface area contributed by atoms with Gasteiger partial charge in [-0.05, 0) is 162 Å². The Morgan fingerprint density at radius 3 is 0.919 bits per heavy atom. The number of Topliss-reactive ketones (excluding diaryl/α,β-unsaturated/α-hetero) is 1. The molecule has 1 aliphatic carbocycles. The van der Waals surface area contributed by atoms with Gasteiger partial charge in [0.15, 0.2) is 5.78 Å². The van der Waals surface area contributed by atoms with Gasteiger partial charge in [-0.1, -0.05) is 77.0 Å². The second kappa shape index (κ2) is 50.5. The van der Waals surface area contributed by atoms with Crippen LogP contribution in [-0.2, 0) is 42.9 Å². The fraction of sp³-hybridized carbons (Fsp3) is 0.479. The number of likely N-dealkylation sites (tertiary alicyclic amines) is 5. The van der Waals surface area contributed by atoms with Crippen LogP contribution in [0.5, 0.6) is 0 Å². The van der Waals surface area contributed by atoms with Gasteiger partial charge in [0.1, 0.15) is 89.0 Å². The number of H-pyrrole nitrogens is 5. The summed E-state index contributed by atoms with van der Waals surface area (Å²) < 4.78 is 20.8. The summed E-state index contributed by atoms with van der Waals surface area (Å²) in [6.07, 6.45) is 33.5. The number of ketones is 1. The molecular formula is C96H135N25O14. The number of nitrogens with one attached hydrogen (secondary N) is 10. The van der Waals surface area contributed by atoms with Crippen LogP contribution in [0, 0.1) is 5.92 Å². The van der Waals surface area contributed by atoms with Gasteiger partial charge in [0.25, 0.3) is 0 Å². The van der Waals surface area contributed by atoms with Crippen molar-refractivity contribution in [3.05, 3.63) is 154 Å². The minimum Gasteiger partial charge on any atom is -0.462 e. The van der Waals surface area contributed by atoms with E-state index < -0.39 is 23.9 Å². The van der Waals surface area contributed by atoms with Gasteiger partial charge in [0.2, 0.25) is 29.5 Å². The number of ether oxygens (including phenoxy) is 4. The first-order valence-electron chi connectivity index (χ1n) is 44.1. The molecule has 10 N–H and O–H groups in total. The summed E-state index contributed by atoms with van der Waals surface area (Å²) in [7, 11) is 0. The summed E-state index contributed by atoms with van der Waals surface area (Å²) in [6, 6.07) is 0.720. The normalized spacial score (nSPS) is 18.8. The van der Waals surface area contributed by atoms with Crippen LogP contribution in [-0.4, -0.2) is 279 Å². The van der Waals surface area contributed by atoms with Crippen LogP contribution in [0.15, 0.2) is 126 Å². The monoisotopic (exact) mass is 1860 g/mol. The molecule has 1 saturated carbocycles. The first-order valence-corrected chi connectivity index (χ1v) is 44.1. The number of esters is 4. The predicted molar refractivity (Wildman–Crippen MR) is 524 cm³/mol. The zero-order valence-electron chi connectivity index (χ0n) is 74.7. The zero-order valence-corrected chi connectivity index (χ0v) is 74.7. The molecular weight excluding hydrogens is 1730 g/mol. The number of anilines is 5. The van der Waals surface area contributed by atoms with E-state index in [9.17, 15) is 47.9 Å². The Labute approximate surface area is 788 Å². The van der Waals surface area contributed by atoms with Crippen molar-refractivity contribution in [2.45, 2.75) is 230 Å². The van der Waals surface area contributed by atoms with Gasteiger partial charge in [-0.3, -0.25) is 28.8 Å². The lowest BCUT2D eigenvalue weighted by molar-refractivity contribution is -0.130. The van der Waals surface area contributed by atoms with Crippen LogP contribution in [0.4, 0.5) is 29.1 Å². The summed E-state index contributed by atoms with van der Waals surface area (Å²) in [5, 5.41) is 20.1. The highest BCUT2D eigenvalue weighted by Gasteiger charge is 2.37. The second-order valence-corrected chi connectivity index (χ2v) is 32.7. The van der Waals surface area contributed by atoms with E-state index in [0.29, 0.717) is 159 Å². The number of rotatable bonds is 26. The van der Waals surface area contributed by atoms with Gasteiger partial charge in [-0.15, -0.1) is 0 Å². The molecule has 0 radical (unpaired) electrons. The maximum Gasteiger partial charge on any atom is 0.340 e. The Hall–Kier alpha value is -14.3. The van der Waals surface area contributed by atoms with E-state index in [4.69, 9.17) is 18.9 Å². The average molecular weight is 1860 g/mol. The van der Waals surface area contributed by atoms with E-state index in [0.717, 1.165) is 102 Å². The van der Waals surface area contributed by atoms with Crippen molar-refractivity contribution in [3.8, 4) is 0 Å². The molecule has 728 valence electrons. The SMILES string of the molecule is C.C.C.C.C.C=CC(=O)N1CCC[C@@H](Nc2ncnc3[nH]cc(C(=O)C4CC4)c23)C1.C=CC(=O)N1CCC[C@@H](Nc2ncnc3[nH]cc(C(=O)OCC)c23)C1.C=CC(=O)N1C[C@H](Nc2ncnc3[nH]cc(C(=O)OC(C)C)c23)CC[C@@H]1C.C=CC(=O)N1C[C@H](Nc2ncnc3[nH]cc(C(=O)OCC)c23)CC[C@@H]1C.C=CC(=O)N1C[C@H](Nc2ncnc3[nH]cc(C(=O)OCCC)c23)CC[C@@H]1C. The number of piperidine rings is 5. The minimum absolute atomic E-state index is 0. The molecule has 10 aromatic rings. The molecule has 135 heavy (non-hydrogen) atoms. The Morgan fingerprint density at radius 1 is 0.370 bits per heavy atom. The minimum atomic E-state index is -0.421. The van der Waals surface area contributed by atoms with Crippen LogP contribution in [0.3, 0.4) is 0 Å². The topological polar surface area (TPSA) is 492 Å². The van der Waals surface area contributed by atoms with E-state index in [-0.39, 0.29) is 133 Å². The van der Waals surface area contributed by atoms with Gasteiger partial charge in [-0.25, -0.2) is 69.0 Å². The van der Waals surface area contributed by atoms with Gasteiger partial charge >= 0.3 is 23.9 Å². The average Bonchev–Trinajstić information content (AvgIpc) is 1.63. The Kier molecular flexibility index (Phi) is 40.3. The Morgan fingerprint density at radius 2 is 0.644 bits per heavy atom. The van der Waals surface area contributed by atoms with E-state index >= 15 is 0 Å². The van der Waals surface area contributed by atoms with Crippen LogP contribution in [0.2, 0.25) is 0 Å². The molecule has 0 aromatic carbocycles. The maximum atomic E-state index is 12.5. The summed E-state index contributed by atoms with van der Waals surface area (Å²) in [5.41, 5.74) is 5.18. The van der Waals surface area contributed by atoms with Crippen molar-refractivity contribution in [3.63, 3.8) is 0 Å². The number of hydrogen-bond donors (Lipinski definition) is 10. The Balaban J connectivity index is 0.000000228. The van der Waals surface area contributed by atoms with Gasteiger partial charge in [0, 0.05) is 137 Å². The highest BCUT2D eigenvalue weighted by atomic mass is 16.5. The molecule has 39 nitrogen and oxygen atoms in total. The standard InChI is InChI=1S/2C19H25N5O3.C18H23N5O3.C18H21N5O2.C17H21N5O3.5CH4/c1-5-15(25)24-9-13(7-6-12(24)4)23-18-16-14(19(26)27-11(2)3)8-20-17(16)21-10-22-18;1-4-8-27-19(26)14-9-20-17-16(14)18(22-11-21-17)23-13-7-6-12(3)24(10-13)15(25)5-2;1-4-14(24)23-9-12(7-6-11(23)3)22-17-15-13(18(25)26-5-2)8-19-16(15)20-10-21-17;1-2-14(24)23-7-3-4-12(9-23)22-18-15-13(16(25)11-5-6-11)8-19-17(15)20-10-21-18;1-3-13(23)22-7-5-6-11(9-22)21-16-14-12(17(24)25-4-2)8-18-15(14)19-10-20-16;;;;;/h5,8,10-13H,1,6-7,9H2,2-4H3,(H2,20,21,22,23);5,9,11-13H,2,4,6-8,10H2,1,3H3,(H2,20,21,22,23);4,8,10-12H,1,5-7,9H2,2-3H3,(H2,19,20,21,22);2,8,10-12H,1,3-7,9H2,(H2,19,20,21,22);3,8,10-11H,1,4-7,9H2,2H3,(H2,18,19,20,21);5*1H4/t2*12-,13+;11-,12+;12-;11-;;;;;/m00011...../s1. The number of carbonyl (C=O) groups excluding carboxylic acids is 10. The Bertz CT molecular complexity index is 5790. The van der Waals surface area contributed by atoms with E-state index in [1.54, 1.807) is 83.2 Å². The lowest BCUT2D eigenvalue weighted by atomic mass is 9.99. The van der Waals surface area contributed by atoms with Gasteiger partial charge < -0.3 is 95.0 Å². The lowest BCUT2D eigenvalue weighted by Crippen LogP contribution is -2.49. The smallest absolute Gasteiger partial charge is 0.340 e. The van der Waals surface area contributed by atoms with E-state index in [2.05, 4.69) is 134 Å². The molecule has 10 aromatic heterocycles. The van der Waals surface area contributed by atoms with Crippen molar-refractivity contribution < 1.29 is 66.9 Å². The van der Waals surface area contributed by atoms with Gasteiger partial charge in [-0.2, -0.15) is 0 Å². The molecule has 8 atom stereocenters. The number of aromatic amines is 5. The maximum absolute atomic E-state index is 12.5. The molecule has 16 rings (SSSR count). The predicted octanol–water partition coefficient (Wildman–Crippen LogP) is 14.2. The molecule has 15 heterocycles. The third kappa shape index (κ3) is 26.4. The molecule has 0 bridgehead atoms. The van der Waals surface area contributed by atoms with Gasteiger partial charge in [0.05, 0.1) is 75.1 Å². The molecule has 39 heteroatoms. The van der Waals surface area contributed by atoms with E-state index in [1.807, 2.05) is 27.7 Å². The molecule has 5 aliphatic heterocycles.